The minimum Gasteiger partial charge on any atom is -0.462 e. The van der Waals surface area contributed by atoms with Gasteiger partial charge in [0, 0.05) is 18.3 Å². The fourth-order valence-corrected chi connectivity index (χ4v) is 2.58. The van der Waals surface area contributed by atoms with E-state index in [1.165, 1.54) is 11.9 Å². The smallest absolute Gasteiger partial charge is 0.338 e. The molecular weight excluding hydrogens is 368 g/mol. The molecule has 2 N–H and O–H groups in total. The van der Waals surface area contributed by atoms with E-state index in [1.807, 2.05) is 31.2 Å². The van der Waals surface area contributed by atoms with Crippen molar-refractivity contribution < 1.29 is 14.3 Å². The van der Waals surface area contributed by atoms with Crippen LogP contribution in [0, 0.1) is 6.92 Å². The van der Waals surface area contributed by atoms with Crippen LogP contribution in [0.4, 0.5) is 11.5 Å². The van der Waals surface area contributed by atoms with Gasteiger partial charge in [0.15, 0.2) is 0 Å². The molecule has 0 fully saturated rings. The topological polar surface area (TPSA) is 93.2 Å². The highest BCUT2D eigenvalue weighted by Crippen LogP contribution is 2.16. The average Bonchev–Trinajstić information content (AvgIpc) is 2.74. The fraction of sp³-hybridized carbons (Fsp3) is 0.182. The number of amides is 1. The van der Waals surface area contributed by atoms with E-state index in [4.69, 9.17) is 4.74 Å². The van der Waals surface area contributed by atoms with Gasteiger partial charge >= 0.3 is 5.97 Å². The molecule has 1 heterocycles. The number of benzene rings is 2. The van der Waals surface area contributed by atoms with Crippen LogP contribution < -0.4 is 10.6 Å². The number of aryl methyl sites for hydroxylation is 1. The fourth-order valence-electron chi connectivity index (χ4n) is 2.58. The maximum Gasteiger partial charge on any atom is 0.338 e. The Morgan fingerprint density at radius 1 is 1.00 bits per heavy atom. The van der Waals surface area contributed by atoms with Gasteiger partial charge in [-0.15, -0.1) is 0 Å². The highest BCUT2D eigenvalue weighted by molar-refractivity contribution is 5.93. The zero-order valence-electron chi connectivity index (χ0n) is 16.3. The second kappa shape index (κ2) is 9.45. The molecule has 0 saturated heterocycles. The Kier molecular flexibility index (Phi) is 6.52. The summed E-state index contributed by atoms with van der Waals surface area (Å²) in [6, 6.07) is 16.3. The molecular formula is C22H22N4O3. The summed E-state index contributed by atoms with van der Waals surface area (Å²) < 4.78 is 4.96. The first kappa shape index (κ1) is 20.0. The van der Waals surface area contributed by atoms with Crippen LogP contribution in [-0.4, -0.2) is 28.5 Å². The molecule has 29 heavy (non-hydrogen) atoms. The van der Waals surface area contributed by atoms with Crippen molar-refractivity contribution in [3.8, 4) is 0 Å². The lowest BCUT2D eigenvalue weighted by Crippen LogP contribution is -2.24. The average molecular weight is 390 g/mol. The summed E-state index contributed by atoms with van der Waals surface area (Å²) in [5, 5.41) is 5.94. The Balaban J connectivity index is 1.62. The van der Waals surface area contributed by atoms with Crippen molar-refractivity contribution in [1.29, 1.82) is 0 Å². The van der Waals surface area contributed by atoms with E-state index in [2.05, 4.69) is 20.6 Å². The van der Waals surface area contributed by atoms with Gasteiger partial charge in [0.1, 0.15) is 17.8 Å². The number of carbonyl (C=O) groups excluding carboxylic acids is 2. The summed E-state index contributed by atoms with van der Waals surface area (Å²) in [6.45, 7) is 4.52. The van der Waals surface area contributed by atoms with Crippen molar-refractivity contribution in [1.82, 2.24) is 15.3 Å². The van der Waals surface area contributed by atoms with Crippen LogP contribution in [0.2, 0.25) is 0 Å². The standard InChI is InChI=1S/C22H22N4O3/c1-3-29-22(28)17-8-10-18(11-9-17)26-20-12-19(24-14-25-20)21(27)23-13-16-6-4-15(2)5-7-16/h4-12,14H,3,13H2,1-2H3,(H,23,27)(H,24,25,26). The summed E-state index contributed by atoms with van der Waals surface area (Å²) in [5.74, 6) is -0.174. The summed E-state index contributed by atoms with van der Waals surface area (Å²) in [6.07, 6.45) is 1.33. The van der Waals surface area contributed by atoms with Crippen molar-refractivity contribution in [3.05, 3.63) is 83.3 Å². The zero-order valence-corrected chi connectivity index (χ0v) is 16.3. The van der Waals surface area contributed by atoms with E-state index in [0.29, 0.717) is 24.5 Å². The molecule has 0 atom stereocenters. The molecule has 0 spiro atoms. The first-order valence-electron chi connectivity index (χ1n) is 9.25. The molecule has 7 heteroatoms. The highest BCUT2D eigenvalue weighted by Gasteiger charge is 2.10. The van der Waals surface area contributed by atoms with Crippen molar-refractivity contribution in [3.63, 3.8) is 0 Å². The molecule has 2 aromatic carbocycles. The summed E-state index contributed by atoms with van der Waals surface area (Å²) >= 11 is 0. The molecule has 0 radical (unpaired) electrons. The van der Waals surface area contributed by atoms with Gasteiger partial charge in [0.25, 0.3) is 5.91 Å². The number of carbonyl (C=O) groups is 2. The third-order valence-electron chi connectivity index (χ3n) is 4.14. The van der Waals surface area contributed by atoms with Gasteiger partial charge in [-0.2, -0.15) is 0 Å². The number of nitrogens with zero attached hydrogens (tertiary/aromatic N) is 2. The van der Waals surface area contributed by atoms with Gasteiger partial charge < -0.3 is 15.4 Å². The monoisotopic (exact) mass is 390 g/mol. The van der Waals surface area contributed by atoms with Crippen LogP contribution in [-0.2, 0) is 11.3 Å². The Bertz CT molecular complexity index is 986. The molecule has 0 unspecified atom stereocenters. The van der Waals surface area contributed by atoms with E-state index in [1.54, 1.807) is 37.3 Å². The largest absolute Gasteiger partial charge is 0.462 e. The number of ether oxygens (including phenoxy) is 1. The van der Waals surface area contributed by atoms with Crippen molar-refractivity contribution in [2.75, 3.05) is 11.9 Å². The first-order valence-corrected chi connectivity index (χ1v) is 9.25. The summed E-state index contributed by atoms with van der Waals surface area (Å²) in [7, 11) is 0. The third kappa shape index (κ3) is 5.62. The third-order valence-corrected chi connectivity index (χ3v) is 4.14. The number of rotatable bonds is 7. The van der Waals surface area contributed by atoms with Crippen LogP contribution >= 0.6 is 0 Å². The lowest BCUT2D eigenvalue weighted by molar-refractivity contribution is 0.0526. The predicted octanol–water partition coefficient (Wildman–Crippen LogP) is 3.64. The number of nitrogens with one attached hydrogen (secondary N) is 2. The molecule has 148 valence electrons. The molecule has 0 aliphatic carbocycles. The van der Waals surface area contributed by atoms with Gasteiger partial charge in [-0.1, -0.05) is 29.8 Å². The predicted molar refractivity (Wildman–Crippen MR) is 110 cm³/mol. The van der Waals surface area contributed by atoms with Crippen LogP contribution in [0.15, 0.2) is 60.9 Å². The van der Waals surface area contributed by atoms with Crippen LogP contribution in [0.1, 0.15) is 38.9 Å². The molecule has 1 aromatic heterocycles. The van der Waals surface area contributed by atoms with E-state index >= 15 is 0 Å². The van der Waals surface area contributed by atoms with Crippen LogP contribution in [0.5, 0.6) is 0 Å². The molecule has 7 nitrogen and oxygen atoms in total. The van der Waals surface area contributed by atoms with Crippen molar-refractivity contribution in [2.45, 2.75) is 20.4 Å². The first-order chi connectivity index (χ1) is 14.0. The number of esters is 1. The van der Waals surface area contributed by atoms with Crippen LogP contribution in [0.25, 0.3) is 0 Å². The quantitative estimate of drug-likeness (QED) is 0.599. The van der Waals surface area contributed by atoms with Crippen LogP contribution in [0.3, 0.4) is 0 Å². The van der Waals surface area contributed by atoms with Crippen molar-refractivity contribution in [2.24, 2.45) is 0 Å². The van der Waals surface area contributed by atoms with Gasteiger partial charge in [-0.3, -0.25) is 4.79 Å². The minimum atomic E-state index is -0.367. The van der Waals surface area contributed by atoms with Crippen molar-refractivity contribution >= 4 is 23.4 Å². The molecule has 3 aromatic rings. The van der Waals surface area contributed by atoms with E-state index in [0.717, 1.165) is 11.3 Å². The Labute approximate surface area is 169 Å². The number of hydrogen-bond acceptors (Lipinski definition) is 6. The van der Waals surface area contributed by atoms with Gasteiger partial charge in [0.05, 0.1) is 12.2 Å². The van der Waals surface area contributed by atoms with E-state index < -0.39 is 0 Å². The van der Waals surface area contributed by atoms with E-state index in [-0.39, 0.29) is 17.6 Å². The molecule has 0 aliphatic heterocycles. The van der Waals surface area contributed by atoms with Gasteiger partial charge in [-0.05, 0) is 43.7 Å². The van der Waals surface area contributed by atoms with Gasteiger partial charge in [0.2, 0.25) is 0 Å². The SMILES string of the molecule is CCOC(=O)c1ccc(Nc2cc(C(=O)NCc3ccc(C)cc3)ncn2)cc1. The maximum atomic E-state index is 12.4. The molecule has 0 saturated carbocycles. The number of anilines is 2. The second-order valence-electron chi connectivity index (χ2n) is 6.38. The Hall–Kier alpha value is -3.74. The molecule has 0 aliphatic rings. The highest BCUT2D eigenvalue weighted by atomic mass is 16.5. The normalized spacial score (nSPS) is 10.3. The summed E-state index contributed by atoms with van der Waals surface area (Å²) in [5.41, 5.74) is 3.64. The number of hydrogen-bond donors (Lipinski definition) is 2. The lowest BCUT2D eigenvalue weighted by atomic mass is 10.1. The second-order valence-corrected chi connectivity index (χ2v) is 6.38. The molecule has 0 bridgehead atoms. The zero-order chi connectivity index (χ0) is 20.6. The van der Waals surface area contributed by atoms with E-state index in [9.17, 15) is 9.59 Å². The lowest BCUT2D eigenvalue weighted by Gasteiger charge is -2.09. The molecule has 3 rings (SSSR count). The minimum absolute atomic E-state index is 0.262. The Morgan fingerprint density at radius 3 is 2.41 bits per heavy atom. The maximum absolute atomic E-state index is 12.4. The van der Waals surface area contributed by atoms with Gasteiger partial charge in [-0.25, -0.2) is 14.8 Å². The molecule has 1 amide bonds. The Morgan fingerprint density at radius 2 is 1.72 bits per heavy atom. The number of aromatic nitrogens is 2. The summed E-state index contributed by atoms with van der Waals surface area (Å²) in [4.78, 5) is 32.3.